The van der Waals surface area contributed by atoms with E-state index >= 15 is 0 Å². The first-order valence-electron chi connectivity index (χ1n) is 7.63. The molecule has 1 fully saturated rings. The summed E-state index contributed by atoms with van der Waals surface area (Å²) in [5.41, 5.74) is 3.55. The van der Waals surface area contributed by atoms with Gasteiger partial charge in [0.2, 0.25) is 5.91 Å². The van der Waals surface area contributed by atoms with E-state index < -0.39 is 0 Å². The molecule has 2 aliphatic rings. The summed E-state index contributed by atoms with van der Waals surface area (Å²) >= 11 is 0. The molecule has 0 spiro atoms. The van der Waals surface area contributed by atoms with Crippen LogP contribution in [-0.4, -0.2) is 29.4 Å². The molecule has 1 aromatic carbocycles. The van der Waals surface area contributed by atoms with E-state index in [1.807, 2.05) is 6.07 Å². The van der Waals surface area contributed by atoms with Crippen molar-refractivity contribution in [3.8, 4) is 5.75 Å². The van der Waals surface area contributed by atoms with Crippen LogP contribution in [0.2, 0.25) is 0 Å². The van der Waals surface area contributed by atoms with E-state index in [0.717, 1.165) is 37.1 Å². The average Bonchev–Trinajstić information content (AvgIpc) is 2.85. The maximum atomic E-state index is 12.3. The molecule has 0 aliphatic carbocycles. The summed E-state index contributed by atoms with van der Waals surface area (Å²) < 4.78 is 5.38. The highest BCUT2D eigenvalue weighted by Gasteiger charge is 2.45. The highest BCUT2D eigenvalue weighted by molar-refractivity contribution is 5.89. The molecule has 1 N–H and O–H groups in total. The summed E-state index contributed by atoms with van der Waals surface area (Å²) in [5, 5.41) is 1.20. The molecule has 1 amide bonds. The van der Waals surface area contributed by atoms with Gasteiger partial charge in [-0.1, -0.05) is 0 Å². The number of nitrogens with one attached hydrogen (secondary N) is 1. The van der Waals surface area contributed by atoms with Gasteiger partial charge in [0.05, 0.1) is 12.6 Å². The summed E-state index contributed by atoms with van der Waals surface area (Å²) in [5.74, 6) is 1.17. The second-order valence-electron chi connectivity index (χ2n) is 6.31. The molecule has 1 atom stereocenters. The van der Waals surface area contributed by atoms with Crippen LogP contribution in [0.4, 0.5) is 0 Å². The zero-order valence-corrected chi connectivity index (χ0v) is 12.5. The Morgan fingerprint density at radius 2 is 2.19 bits per heavy atom. The maximum absolute atomic E-state index is 12.3. The highest BCUT2D eigenvalue weighted by Crippen LogP contribution is 2.46. The number of amides is 1. The standard InChI is InChI=1S/C17H20N2O2/c1-17-8-3-4-15(20)19(17)9-7-14-16(17)12-10-11(21-2)5-6-13(12)18-14/h5-6,10,18H,3-4,7-9H2,1-2H3/t17-/m1/s1. The van der Waals surface area contributed by atoms with Crippen molar-refractivity contribution < 1.29 is 9.53 Å². The third-order valence-corrected chi connectivity index (χ3v) is 5.16. The van der Waals surface area contributed by atoms with E-state index in [2.05, 4.69) is 28.9 Å². The Labute approximate surface area is 124 Å². The van der Waals surface area contributed by atoms with Gasteiger partial charge in [0.15, 0.2) is 0 Å². The average molecular weight is 284 g/mol. The molecule has 4 heteroatoms. The number of fused-ring (bicyclic) bond motifs is 5. The van der Waals surface area contributed by atoms with E-state index in [1.54, 1.807) is 7.11 Å². The second-order valence-corrected chi connectivity index (χ2v) is 6.31. The highest BCUT2D eigenvalue weighted by atomic mass is 16.5. The van der Waals surface area contributed by atoms with E-state index in [-0.39, 0.29) is 5.54 Å². The summed E-state index contributed by atoms with van der Waals surface area (Å²) in [7, 11) is 1.69. The summed E-state index contributed by atoms with van der Waals surface area (Å²) in [6.45, 7) is 3.04. The zero-order chi connectivity index (χ0) is 14.6. The number of piperidine rings is 1. The molecule has 2 aliphatic heterocycles. The van der Waals surface area contributed by atoms with Crippen molar-refractivity contribution in [2.45, 2.75) is 38.1 Å². The summed E-state index contributed by atoms with van der Waals surface area (Å²) in [4.78, 5) is 18.0. The minimum Gasteiger partial charge on any atom is -0.497 e. The number of benzene rings is 1. The Kier molecular flexibility index (Phi) is 2.59. The quantitative estimate of drug-likeness (QED) is 0.875. The van der Waals surface area contributed by atoms with Crippen LogP contribution in [0.1, 0.15) is 37.4 Å². The molecule has 4 nitrogen and oxygen atoms in total. The van der Waals surface area contributed by atoms with Gasteiger partial charge in [0, 0.05) is 41.5 Å². The first kappa shape index (κ1) is 12.7. The van der Waals surface area contributed by atoms with Crippen molar-refractivity contribution in [2.75, 3.05) is 13.7 Å². The fraction of sp³-hybridized carbons (Fsp3) is 0.471. The van der Waals surface area contributed by atoms with Gasteiger partial charge < -0.3 is 14.6 Å². The van der Waals surface area contributed by atoms with Gasteiger partial charge >= 0.3 is 0 Å². The number of hydrogen-bond acceptors (Lipinski definition) is 2. The Bertz CT molecular complexity index is 734. The topological polar surface area (TPSA) is 45.3 Å². The molecule has 0 saturated carbocycles. The van der Waals surface area contributed by atoms with E-state index in [1.165, 1.54) is 16.6 Å². The maximum Gasteiger partial charge on any atom is 0.223 e. The van der Waals surface area contributed by atoms with Crippen LogP contribution in [0.5, 0.6) is 5.75 Å². The lowest BCUT2D eigenvalue weighted by Crippen LogP contribution is -2.53. The molecular weight excluding hydrogens is 264 g/mol. The number of hydrogen-bond donors (Lipinski definition) is 1. The Balaban J connectivity index is 1.97. The molecule has 0 bridgehead atoms. The molecule has 21 heavy (non-hydrogen) atoms. The van der Waals surface area contributed by atoms with Crippen molar-refractivity contribution in [1.29, 1.82) is 0 Å². The van der Waals surface area contributed by atoms with E-state index in [4.69, 9.17) is 4.74 Å². The van der Waals surface area contributed by atoms with Gasteiger partial charge in [-0.15, -0.1) is 0 Å². The first-order chi connectivity index (χ1) is 10.1. The number of H-pyrrole nitrogens is 1. The number of methoxy groups -OCH3 is 1. The molecule has 1 saturated heterocycles. The van der Waals surface area contributed by atoms with Crippen molar-refractivity contribution in [1.82, 2.24) is 9.88 Å². The van der Waals surface area contributed by atoms with Gasteiger partial charge in [0.1, 0.15) is 5.75 Å². The molecule has 110 valence electrons. The van der Waals surface area contributed by atoms with Crippen LogP contribution in [-0.2, 0) is 16.8 Å². The fourth-order valence-corrected chi connectivity index (χ4v) is 4.14. The fourth-order valence-electron chi connectivity index (χ4n) is 4.14. The number of aromatic amines is 1. The lowest BCUT2D eigenvalue weighted by Gasteiger charge is -2.48. The summed E-state index contributed by atoms with van der Waals surface area (Å²) in [6.07, 6.45) is 3.61. The van der Waals surface area contributed by atoms with E-state index in [0.29, 0.717) is 12.3 Å². The normalized spacial score (nSPS) is 24.9. The Morgan fingerprint density at radius 1 is 1.33 bits per heavy atom. The van der Waals surface area contributed by atoms with Crippen LogP contribution in [0.25, 0.3) is 10.9 Å². The minimum absolute atomic E-state index is 0.173. The molecule has 4 rings (SSSR count). The van der Waals surface area contributed by atoms with Crippen molar-refractivity contribution >= 4 is 16.8 Å². The second kappa shape index (κ2) is 4.26. The third kappa shape index (κ3) is 1.65. The number of nitrogens with zero attached hydrogens (tertiary/aromatic N) is 1. The molecule has 3 heterocycles. The van der Waals surface area contributed by atoms with Crippen molar-refractivity contribution in [2.24, 2.45) is 0 Å². The first-order valence-corrected chi connectivity index (χ1v) is 7.63. The minimum atomic E-state index is -0.173. The molecule has 2 aromatic rings. The number of aromatic nitrogens is 1. The van der Waals surface area contributed by atoms with Gasteiger partial charge in [-0.3, -0.25) is 4.79 Å². The smallest absolute Gasteiger partial charge is 0.223 e. The van der Waals surface area contributed by atoms with Crippen LogP contribution in [0.15, 0.2) is 18.2 Å². The number of carbonyl (C=O) groups excluding carboxylic acids is 1. The molecule has 0 radical (unpaired) electrons. The van der Waals surface area contributed by atoms with Crippen LogP contribution >= 0.6 is 0 Å². The Hall–Kier alpha value is -1.97. The van der Waals surface area contributed by atoms with E-state index in [9.17, 15) is 4.79 Å². The molecule has 1 aromatic heterocycles. The van der Waals surface area contributed by atoms with Gasteiger partial charge in [-0.2, -0.15) is 0 Å². The Morgan fingerprint density at radius 3 is 3.00 bits per heavy atom. The van der Waals surface area contributed by atoms with Gasteiger partial charge in [-0.25, -0.2) is 0 Å². The van der Waals surface area contributed by atoms with Gasteiger partial charge in [0.25, 0.3) is 0 Å². The summed E-state index contributed by atoms with van der Waals surface area (Å²) in [6, 6.07) is 6.15. The van der Waals surface area contributed by atoms with Crippen molar-refractivity contribution in [3.63, 3.8) is 0 Å². The predicted molar refractivity (Wildman–Crippen MR) is 81.5 cm³/mol. The number of ether oxygens (including phenoxy) is 1. The third-order valence-electron chi connectivity index (χ3n) is 5.16. The predicted octanol–water partition coefficient (Wildman–Crippen LogP) is 2.96. The largest absolute Gasteiger partial charge is 0.497 e. The molecule has 0 unspecified atom stereocenters. The van der Waals surface area contributed by atoms with Crippen LogP contribution in [0, 0.1) is 0 Å². The number of carbonyl (C=O) groups is 1. The van der Waals surface area contributed by atoms with Crippen LogP contribution in [0.3, 0.4) is 0 Å². The lowest BCUT2D eigenvalue weighted by atomic mass is 9.77. The van der Waals surface area contributed by atoms with Crippen molar-refractivity contribution in [3.05, 3.63) is 29.5 Å². The number of rotatable bonds is 1. The monoisotopic (exact) mass is 284 g/mol. The SMILES string of the molecule is COc1ccc2[nH]c3c(c2c1)[C@@]1(C)CCCC(=O)N1CC3. The van der Waals surface area contributed by atoms with Gasteiger partial charge in [-0.05, 0) is 38.0 Å². The molecular formula is C17H20N2O2. The lowest BCUT2D eigenvalue weighted by molar-refractivity contribution is -0.142. The van der Waals surface area contributed by atoms with Crippen LogP contribution < -0.4 is 4.74 Å². The zero-order valence-electron chi connectivity index (χ0n) is 12.5.